The smallest absolute Gasteiger partial charge is 0.310 e. The Bertz CT molecular complexity index is 671. The highest BCUT2D eigenvalue weighted by Crippen LogP contribution is 2.57. The Kier molecular flexibility index (Phi) is 3.21. The number of carbonyl (C=O) groups excluding carboxylic acids is 2. The molecule has 1 heterocycles. The summed E-state index contributed by atoms with van der Waals surface area (Å²) in [6.45, 7) is 0. The highest BCUT2D eigenvalue weighted by Gasteiger charge is 2.63. The van der Waals surface area contributed by atoms with Gasteiger partial charge in [0.15, 0.2) is 0 Å². The molecule has 0 spiro atoms. The molecule has 2 aliphatic carbocycles. The first-order chi connectivity index (χ1) is 11.1. The third-order valence-corrected chi connectivity index (χ3v) is 5.45. The Labute approximate surface area is 134 Å². The fraction of sp³-hybridized carbons (Fsp3) is 0.529. The number of nitrogens with one attached hydrogen (secondary N) is 1. The molecule has 122 valence electrons. The fourth-order valence-corrected chi connectivity index (χ4v) is 4.49. The van der Waals surface area contributed by atoms with E-state index in [2.05, 4.69) is 5.32 Å². The molecular weight excluding hydrogens is 298 g/mol. The summed E-state index contributed by atoms with van der Waals surface area (Å²) in [4.78, 5) is 24.8. The molecule has 3 aliphatic rings. The molecule has 2 bridgehead atoms. The minimum Gasteiger partial charge on any atom is -0.497 e. The molecule has 1 aromatic rings. The quantitative estimate of drug-likeness (QED) is 0.858. The number of methoxy groups -OCH3 is 2. The largest absolute Gasteiger partial charge is 0.497 e. The fourth-order valence-electron chi connectivity index (χ4n) is 4.49. The van der Waals surface area contributed by atoms with Crippen LogP contribution in [-0.2, 0) is 14.3 Å². The second-order valence-electron chi connectivity index (χ2n) is 6.48. The standard InChI is InChI=1S/C17H19NO5/c1-21-9-3-4-12(22-2)11(7-9)18-16(19)14-8-5-10-13(6-8)23-17(20)15(10)14/h3-4,7-8,10,13-15H,5-6H2,1-2H3,(H,18,19)/t8-,10-,13+,14-,15-/m1/s1. The number of esters is 1. The highest BCUT2D eigenvalue weighted by molar-refractivity contribution is 5.98. The van der Waals surface area contributed by atoms with Crippen LogP contribution in [0, 0.1) is 23.7 Å². The molecule has 5 atom stereocenters. The lowest BCUT2D eigenvalue weighted by atomic mass is 9.79. The summed E-state index contributed by atoms with van der Waals surface area (Å²) in [5.74, 6) is 0.721. The van der Waals surface area contributed by atoms with Crippen LogP contribution >= 0.6 is 0 Å². The van der Waals surface area contributed by atoms with Gasteiger partial charge in [0.05, 0.1) is 31.7 Å². The van der Waals surface area contributed by atoms with Crippen molar-refractivity contribution in [3.05, 3.63) is 18.2 Å². The SMILES string of the molecule is COc1ccc(OC)c(NC(=O)[C@@H]2[C@@H]3C[C@H]4[C@H]2C(=O)O[C@H]4C3)c1. The topological polar surface area (TPSA) is 73.9 Å². The van der Waals surface area contributed by atoms with Gasteiger partial charge in [-0.1, -0.05) is 0 Å². The highest BCUT2D eigenvalue weighted by atomic mass is 16.6. The molecule has 0 aromatic heterocycles. The maximum absolute atomic E-state index is 12.8. The van der Waals surface area contributed by atoms with Gasteiger partial charge >= 0.3 is 5.97 Å². The molecule has 0 unspecified atom stereocenters. The molecule has 1 saturated heterocycles. The van der Waals surface area contributed by atoms with Crippen molar-refractivity contribution < 1.29 is 23.8 Å². The average molecular weight is 317 g/mol. The van der Waals surface area contributed by atoms with Gasteiger partial charge in [0.1, 0.15) is 17.6 Å². The number of hydrogen-bond donors (Lipinski definition) is 1. The molecule has 1 N–H and O–H groups in total. The predicted molar refractivity (Wildman–Crippen MR) is 81.2 cm³/mol. The van der Waals surface area contributed by atoms with Crippen molar-refractivity contribution in [2.45, 2.75) is 18.9 Å². The summed E-state index contributed by atoms with van der Waals surface area (Å²) in [7, 11) is 3.12. The summed E-state index contributed by atoms with van der Waals surface area (Å²) in [6, 6.07) is 5.24. The van der Waals surface area contributed by atoms with E-state index in [9.17, 15) is 9.59 Å². The van der Waals surface area contributed by atoms with Gasteiger partial charge in [0, 0.05) is 12.0 Å². The van der Waals surface area contributed by atoms with E-state index in [0.717, 1.165) is 12.8 Å². The third kappa shape index (κ3) is 2.08. The van der Waals surface area contributed by atoms with Crippen molar-refractivity contribution in [1.82, 2.24) is 0 Å². The molecule has 6 heteroatoms. The van der Waals surface area contributed by atoms with Crippen molar-refractivity contribution in [3.63, 3.8) is 0 Å². The number of carbonyl (C=O) groups is 2. The van der Waals surface area contributed by atoms with Crippen LogP contribution in [0.5, 0.6) is 11.5 Å². The van der Waals surface area contributed by atoms with E-state index >= 15 is 0 Å². The van der Waals surface area contributed by atoms with Gasteiger partial charge in [0.25, 0.3) is 0 Å². The van der Waals surface area contributed by atoms with E-state index in [1.807, 2.05) is 0 Å². The van der Waals surface area contributed by atoms with E-state index < -0.39 is 0 Å². The minimum atomic E-state index is -0.304. The monoisotopic (exact) mass is 317 g/mol. The van der Waals surface area contributed by atoms with Crippen LogP contribution in [0.2, 0.25) is 0 Å². The Morgan fingerprint density at radius 1 is 1.26 bits per heavy atom. The summed E-state index contributed by atoms with van der Waals surface area (Å²) in [5, 5.41) is 2.91. The number of hydrogen-bond acceptors (Lipinski definition) is 5. The zero-order chi connectivity index (χ0) is 16.1. The second kappa shape index (κ2) is 5.15. The zero-order valence-electron chi connectivity index (χ0n) is 13.1. The Morgan fingerprint density at radius 3 is 2.83 bits per heavy atom. The maximum atomic E-state index is 12.8. The van der Waals surface area contributed by atoms with Crippen LogP contribution < -0.4 is 14.8 Å². The number of ether oxygens (including phenoxy) is 3. The molecule has 6 nitrogen and oxygen atoms in total. The van der Waals surface area contributed by atoms with Gasteiger partial charge in [-0.3, -0.25) is 9.59 Å². The van der Waals surface area contributed by atoms with Gasteiger partial charge in [0.2, 0.25) is 5.91 Å². The Morgan fingerprint density at radius 2 is 2.09 bits per heavy atom. The van der Waals surface area contributed by atoms with Crippen LogP contribution in [0.1, 0.15) is 12.8 Å². The van der Waals surface area contributed by atoms with E-state index in [1.54, 1.807) is 32.4 Å². The van der Waals surface area contributed by atoms with Crippen molar-refractivity contribution in [3.8, 4) is 11.5 Å². The number of anilines is 1. The first-order valence-corrected chi connectivity index (χ1v) is 7.85. The second-order valence-corrected chi connectivity index (χ2v) is 6.48. The Hall–Kier alpha value is -2.24. The molecule has 2 saturated carbocycles. The van der Waals surface area contributed by atoms with Gasteiger partial charge in [-0.2, -0.15) is 0 Å². The number of fused-ring (bicyclic) bond motifs is 1. The molecule has 1 amide bonds. The molecule has 23 heavy (non-hydrogen) atoms. The van der Waals surface area contributed by atoms with E-state index in [-0.39, 0.29) is 41.7 Å². The van der Waals surface area contributed by atoms with Crippen molar-refractivity contribution in [1.29, 1.82) is 0 Å². The molecule has 1 aromatic carbocycles. The average Bonchev–Trinajstić information content (AvgIpc) is 3.16. The molecule has 1 aliphatic heterocycles. The van der Waals surface area contributed by atoms with Crippen LogP contribution in [0.15, 0.2) is 18.2 Å². The van der Waals surface area contributed by atoms with E-state index in [4.69, 9.17) is 14.2 Å². The van der Waals surface area contributed by atoms with Crippen LogP contribution in [0.3, 0.4) is 0 Å². The first-order valence-electron chi connectivity index (χ1n) is 7.85. The van der Waals surface area contributed by atoms with Gasteiger partial charge in [-0.05, 0) is 30.9 Å². The third-order valence-electron chi connectivity index (χ3n) is 5.45. The van der Waals surface area contributed by atoms with Crippen LogP contribution in [0.4, 0.5) is 5.69 Å². The zero-order valence-corrected chi connectivity index (χ0v) is 13.1. The predicted octanol–water partition coefficient (Wildman–Crippen LogP) is 1.84. The molecular formula is C17H19NO5. The molecule has 4 rings (SSSR count). The van der Waals surface area contributed by atoms with E-state index in [0.29, 0.717) is 17.2 Å². The van der Waals surface area contributed by atoms with Gasteiger partial charge < -0.3 is 19.5 Å². The maximum Gasteiger partial charge on any atom is 0.310 e. The normalized spacial score (nSPS) is 33.5. The van der Waals surface area contributed by atoms with Crippen molar-refractivity contribution in [2.24, 2.45) is 23.7 Å². The lowest BCUT2D eigenvalue weighted by Crippen LogP contribution is -2.35. The van der Waals surface area contributed by atoms with Gasteiger partial charge in [-0.25, -0.2) is 0 Å². The summed E-state index contributed by atoms with van der Waals surface area (Å²) in [5.41, 5.74) is 0.558. The molecule has 0 radical (unpaired) electrons. The molecule has 3 fully saturated rings. The lowest BCUT2D eigenvalue weighted by molar-refractivity contribution is -0.145. The van der Waals surface area contributed by atoms with E-state index in [1.165, 1.54) is 0 Å². The van der Waals surface area contributed by atoms with Crippen molar-refractivity contribution >= 4 is 17.6 Å². The summed E-state index contributed by atoms with van der Waals surface area (Å²) >= 11 is 0. The van der Waals surface area contributed by atoms with Gasteiger partial charge in [-0.15, -0.1) is 0 Å². The minimum absolute atomic E-state index is 0.0351. The number of benzene rings is 1. The number of amides is 1. The number of rotatable bonds is 4. The van der Waals surface area contributed by atoms with Crippen LogP contribution in [-0.4, -0.2) is 32.2 Å². The summed E-state index contributed by atoms with van der Waals surface area (Å²) in [6.07, 6.45) is 1.75. The first kappa shape index (κ1) is 14.4. The van der Waals surface area contributed by atoms with Crippen LogP contribution in [0.25, 0.3) is 0 Å². The Balaban J connectivity index is 1.58. The summed E-state index contributed by atoms with van der Waals surface area (Å²) < 4.78 is 15.9. The lowest BCUT2D eigenvalue weighted by Gasteiger charge is -2.24. The van der Waals surface area contributed by atoms with Crippen molar-refractivity contribution in [2.75, 3.05) is 19.5 Å².